The Hall–Kier alpha value is -1.65. The minimum Gasteiger partial charge on any atom is -0.306 e. The van der Waals surface area contributed by atoms with E-state index in [9.17, 15) is 8.42 Å². The molecule has 26 heavy (non-hydrogen) atoms. The van der Waals surface area contributed by atoms with Crippen molar-refractivity contribution in [3.63, 3.8) is 0 Å². The Labute approximate surface area is 156 Å². The lowest BCUT2D eigenvalue weighted by molar-refractivity contribution is 0.352. The van der Waals surface area contributed by atoms with Crippen LogP contribution in [0.3, 0.4) is 0 Å². The number of aryl methyl sites for hydroxylation is 1. The Kier molecular flexibility index (Phi) is 5.14. The van der Waals surface area contributed by atoms with Crippen LogP contribution in [0.1, 0.15) is 54.3 Å². The smallest absolute Gasteiger partial charge is 0.151 e. The zero-order valence-corrected chi connectivity index (χ0v) is 15.9. The lowest BCUT2D eigenvalue weighted by Gasteiger charge is -2.37. The van der Waals surface area contributed by atoms with Crippen molar-refractivity contribution >= 4 is 9.84 Å². The molecular weight excluding hydrogens is 342 g/mol. The summed E-state index contributed by atoms with van der Waals surface area (Å²) in [6.45, 7) is 0. The van der Waals surface area contributed by atoms with Gasteiger partial charge in [0.05, 0.1) is 11.5 Å². The van der Waals surface area contributed by atoms with Gasteiger partial charge in [-0.15, -0.1) is 0 Å². The Bertz CT molecular complexity index is 847. The van der Waals surface area contributed by atoms with Crippen LogP contribution in [0, 0.1) is 0 Å². The van der Waals surface area contributed by atoms with Crippen molar-refractivity contribution in [2.45, 2.75) is 50.1 Å². The van der Waals surface area contributed by atoms with Gasteiger partial charge in [-0.2, -0.15) is 0 Å². The van der Waals surface area contributed by atoms with E-state index in [1.807, 2.05) is 6.07 Å². The van der Waals surface area contributed by atoms with Crippen molar-refractivity contribution in [1.29, 1.82) is 0 Å². The van der Waals surface area contributed by atoms with Gasteiger partial charge in [0.15, 0.2) is 9.84 Å². The molecule has 2 aromatic rings. The van der Waals surface area contributed by atoms with Gasteiger partial charge in [-0.25, -0.2) is 8.42 Å². The number of benzene rings is 2. The maximum Gasteiger partial charge on any atom is 0.151 e. The number of hydrogen-bond donors (Lipinski definition) is 1. The second kappa shape index (κ2) is 7.53. The molecule has 4 heteroatoms. The van der Waals surface area contributed by atoms with Gasteiger partial charge in [0.2, 0.25) is 0 Å². The minimum absolute atomic E-state index is 0.0491. The first kappa shape index (κ1) is 17.7. The van der Waals surface area contributed by atoms with Crippen LogP contribution in [-0.4, -0.2) is 26.0 Å². The average molecular weight is 370 g/mol. The summed E-state index contributed by atoms with van der Waals surface area (Å²) in [6.07, 6.45) is 5.18. The lowest BCUT2D eigenvalue weighted by atomic mass is 9.76. The Balaban J connectivity index is 1.66. The van der Waals surface area contributed by atoms with Gasteiger partial charge in [-0.05, 0) is 48.8 Å². The molecular formula is C22H27NO2S. The van der Waals surface area contributed by atoms with Gasteiger partial charge < -0.3 is 5.32 Å². The first-order valence-corrected chi connectivity index (χ1v) is 11.5. The van der Waals surface area contributed by atoms with E-state index < -0.39 is 9.84 Å². The highest BCUT2D eigenvalue weighted by Gasteiger charge is 2.33. The molecule has 0 bridgehead atoms. The molecule has 3 nitrogen and oxygen atoms in total. The largest absolute Gasteiger partial charge is 0.306 e. The van der Waals surface area contributed by atoms with Crippen LogP contribution < -0.4 is 5.32 Å². The number of nitrogens with one attached hydrogen (secondary N) is 1. The number of rotatable bonds is 4. The van der Waals surface area contributed by atoms with Crippen molar-refractivity contribution in [2.24, 2.45) is 0 Å². The van der Waals surface area contributed by atoms with E-state index in [4.69, 9.17) is 0 Å². The molecule has 2 aromatic carbocycles. The monoisotopic (exact) mass is 369 g/mol. The van der Waals surface area contributed by atoms with Crippen molar-refractivity contribution in [2.75, 3.05) is 11.5 Å². The predicted octanol–water partition coefficient (Wildman–Crippen LogP) is 4.01. The SMILES string of the molecule is O=S1(=O)CCC[C@H](N[C@@H](c2ccccc2)[C@@H]2CCCc3ccccc32)C1. The third-order valence-corrected chi connectivity index (χ3v) is 7.68. The van der Waals surface area contributed by atoms with Gasteiger partial charge in [-0.3, -0.25) is 0 Å². The first-order chi connectivity index (χ1) is 12.6. The van der Waals surface area contributed by atoms with Crippen LogP contribution in [0.15, 0.2) is 54.6 Å². The average Bonchev–Trinajstić information content (AvgIpc) is 2.66. The first-order valence-electron chi connectivity index (χ1n) is 9.72. The van der Waals surface area contributed by atoms with Gasteiger partial charge in [0.1, 0.15) is 0 Å². The Morgan fingerprint density at radius 1 is 0.923 bits per heavy atom. The standard InChI is InChI=1S/C22H27NO2S/c24-26(25)15-7-12-19(16-26)23-22(18-9-2-1-3-10-18)21-14-6-11-17-8-4-5-13-20(17)21/h1-5,8-10,13,19,21-23H,6-7,11-12,14-16H2/t19-,21+,22-/m0/s1. The third kappa shape index (κ3) is 3.86. The third-order valence-electron chi connectivity index (χ3n) is 5.86. The van der Waals surface area contributed by atoms with E-state index in [1.165, 1.54) is 23.1 Å². The van der Waals surface area contributed by atoms with Crippen molar-refractivity contribution in [1.82, 2.24) is 5.32 Å². The molecule has 0 spiro atoms. The van der Waals surface area contributed by atoms with Crippen LogP contribution in [0.4, 0.5) is 0 Å². The number of fused-ring (bicyclic) bond motifs is 1. The molecule has 138 valence electrons. The summed E-state index contributed by atoms with van der Waals surface area (Å²) in [4.78, 5) is 0. The molecule has 1 aliphatic carbocycles. The second-order valence-corrected chi connectivity index (χ2v) is 9.93. The van der Waals surface area contributed by atoms with Crippen molar-refractivity contribution in [3.05, 3.63) is 71.3 Å². The summed E-state index contributed by atoms with van der Waals surface area (Å²) in [5.74, 6) is 1.00. The summed E-state index contributed by atoms with van der Waals surface area (Å²) in [6, 6.07) is 19.5. The minimum atomic E-state index is -2.91. The molecule has 1 saturated heterocycles. The Morgan fingerprint density at radius 2 is 1.69 bits per heavy atom. The fraction of sp³-hybridized carbons (Fsp3) is 0.455. The summed E-state index contributed by atoms with van der Waals surface area (Å²) in [5.41, 5.74) is 4.14. The van der Waals surface area contributed by atoms with Gasteiger partial charge >= 0.3 is 0 Å². The second-order valence-electron chi connectivity index (χ2n) is 7.71. The summed E-state index contributed by atoms with van der Waals surface area (Å²) in [7, 11) is -2.91. The predicted molar refractivity (Wildman–Crippen MR) is 106 cm³/mol. The summed E-state index contributed by atoms with van der Waals surface area (Å²) in [5, 5.41) is 3.76. The fourth-order valence-corrected chi connectivity index (χ4v) is 6.30. The zero-order chi connectivity index (χ0) is 18.0. The normalized spacial score (nSPS) is 26.0. The van der Waals surface area contributed by atoms with Crippen molar-refractivity contribution in [3.8, 4) is 0 Å². The topological polar surface area (TPSA) is 46.2 Å². The molecule has 4 rings (SSSR count). The number of hydrogen-bond acceptors (Lipinski definition) is 3. The van der Waals surface area contributed by atoms with Crippen LogP contribution >= 0.6 is 0 Å². The maximum atomic E-state index is 12.1. The van der Waals surface area contributed by atoms with E-state index in [-0.39, 0.29) is 17.8 Å². The van der Waals surface area contributed by atoms with Gasteiger partial charge in [0.25, 0.3) is 0 Å². The van der Waals surface area contributed by atoms with E-state index in [0.717, 1.165) is 25.7 Å². The molecule has 1 heterocycles. The molecule has 1 aliphatic heterocycles. The molecule has 0 aromatic heterocycles. The highest BCUT2D eigenvalue weighted by molar-refractivity contribution is 7.91. The van der Waals surface area contributed by atoms with E-state index >= 15 is 0 Å². The Morgan fingerprint density at radius 3 is 2.50 bits per heavy atom. The van der Waals surface area contributed by atoms with Crippen LogP contribution in [-0.2, 0) is 16.3 Å². The molecule has 1 fully saturated rings. The highest BCUT2D eigenvalue weighted by Crippen LogP contribution is 2.40. The van der Waals surface area contributed by atoms with Gasteiger partial charge in [0, 0.05) is 18.0 Å². The van der Waals surface area contributed by atoms with E-state index in [2.05, 4.69) is 53.8 Å². The molecule has 0 amide bonds. The quantitative estimate of drug-likeness (QED) is 0.885. The van der Waals surface area contributed by atoms with Crippen LogP contribution in [0.5, 0.6) is 0 Å². The van der Waals surface area contributed by atoms with Crippen LogP contribution in [0.2, 0.25) is 0 Å². The highest BCUT2D eigenvalue weighted by atomic mass is 32.2. The van der Waals surface area contributed by atoms with E-state index in [0.29, 0.717) is 11.7 Å². The maximum absolute atomic E-state index is 12.1. The molecule has 0 radical (unpaired) electrons. The molecule has 1 N–H and O–H groups in total. The number of sulfone groups is 1. The molecule has 0 saturated carbocycles. The van der Waals surface area contributed by atoms with E-state index in [1.54, 1.807) is 0 Å². The zero-order valence-electron chi connectivity index (χ0n) is 15.1. The molecule has 2 aliphatic rings. The van der Waals surface area contributed by atoms with Crippen molar-refractivity contribution < 1.29 is 8.42 Å². The lowest BCUT2D eigenvalue weighted by Crippen LogP contribution is -2.44. The summed E-state index contributed by atoms with van der Waals surface area (Å²) >= 11 is 0. The molecule has 0 unspecified atom stereocenters. The summed E-state index contributed by atoms with van der Waals surface area (Å²) < 4.78 is 24.2. The molecule has 3 atom stereocenters. The van der Waals surface area contributed by atoms with Gasteiger partial charge in [-0.1, -0.05) is 54.6 Å². The fourth-order valence-electron chi connectivity index (χ4n) is 4.65. The van der Waals surface area contributed by atoms with Crippen LogP contribution in [0.25, 0.3) is 0 Å².